The normalized spacial score (nSPS) is 10.4. The molecule has 0 saturated heterocycles. The largest absolute Gasteiger partial charge is 0.497 e. The van der Waals surface area contributed by atoms with E-state index >= 15 is 0 Å². The van der Waals surface area contributed by atoms with Crippen LogP contribution in [0.15, 0.2) is 84.9 Å². The van der Waals surface area contributed by atoms with Crippen LogP contribution in [0.3, 0.4) is 0 Å². The van der Waals surface area contributed by atoms with Gasteiger partial charge in [-0.1, -0.05) is 18.2 Å². The third-order valence-electron chi connectivity index (χ3n) is 5.72. The Morgan fingerprint density at radius 2 is 0.684 bits per heavy atom. The van der Waals surface area contributed by atoms with Gasteiger partial charge in [0.1, 0.15) is 60.1 Å². The highest BCUT2D eigenvalue weighted by atomic mass is 16.5. The van der Waals surface area contributed by atoms with E-state index in [0.29, 0.717) is 54.3 Å². The van der Waals surface area contributed by atoms with Crippen LogP contribution in [0.5, 0.6) is 40.2 Å². The smallest absolute Gasteiger partial charge is 0.123 e. The van der Waals surface area contributed by atoms with E-state index in [4.69, 9.17) is 33.2 Å². The fourth-order valence-corrected chi connectivity index (χ4v) is 3.80. The first-order valence-corrected chi connectivity index (χ1v) is 12.1. The van der Waals surface area contributed by atoms with E-state index in [1.807, 2.05) is 84.9 Å². The lowest BCUT2D eigenvalue weighted by molar-refractivity contribution is 0.280. The Labute approximate surface area is 223 Å². The summed E-state index contributed by atoms with van der Waals surface area (Å²) in [5.74, 6) is 4.89. The van der Waals surface area contributed by atoms with Gasteiger partial charge in [-0.15, -0.1) is 0 Å². The lowest BCUT2D eigenvalue weighted by Crippen LogP contribution is -2.02. The van der Waals surface area contributed by atoms with Crippen molar-refractivity contribution in [2.75, 3.05) is 28.4 Å². The summed E-state index contributed by atoms with van der Waals surface area (Å²) in [6.45, 7) is 1.00. The summed E-state index contributed by atoms with van der Waals surface area (Å²) in [4.78, 5) is 0. The molecule has 7 heteroatoms. The molecule has 0 saturated carbocycles. The highest BCUT2D eigenvalue weighted by Crippen LogP contribution is 2.29. The van der Waals surface area contributed by atoms with Gasteiger partial charge in [0.15, 0.2) is 0 Å². The van der Waals surface area contributed by atoms with Gasteiger partial charge in [0.2, 0.25) is 0 Å². The van der Waals surface area contributed by atoms with Crippen molar-refractivity contribution >= 4 is 0 Å². The van der Waals surface area contributed by atoms with Crippen molar-refractivity contribution in [1.29, 1.82) is 0 Å². The van der Waals surface area contributed by atoms with Gasteiger partial charge in [0, 0.05) is 18.2 Å². The first-order valence-electron chi connectivity index (χ1n) is 12.1. The van der Waals surface area contributed by atoms with Crippen LogP contribution < -0.4 is 33.2 Å². The summed E-state index contributed by atoms with van der Waals surface area (Å²) < 4.78 is 39.8. The first-order chi connectivity index (χ1) is 18.6. The van der Waals surface area contributed by atoms with Crippen LogP contribution in [0, 0.1) is 0 Å². The second-order valence-corrected chi connectivity index (χ2v) is 8.43. The first kappa shape index (κ1) is 26.5. The summed E-state index contributed by atoms with van der Waals surface area (Å²) >= 11 is 0. The number of para-hydroxylation sites is 1. The number of benzene rings is 4. The molecule has 0 amide bonds. The molecule has 4 aromatic rings. The van der Waals surface area contributed by atoms with Crippen LogP contribution in [0.1, 0.15) is 16.7 Å². The number of hydrogen-bond acceptors (Lipinski definition) is 7. The standard InChI is InChI=1S/C31H32O7/c1-32-26-10-22(11-27(16-26)33-2)20-37-30-14-24(19-36-25-8-6-5-7-9-25)15-31(18-30)38-21-23-12-28(34-3)17-29(13-23)35-4/h5-18H,19-21H2,1-4H3. The van der Waals surface area contributed by atoms with E-state index in [1.54, 1.807) is 28.4 Å². The summed E-state index contributed by atoms with van der Waals surface area (Å²) in [6, 6.07) is 26.7. The molecule has 7 nitrogen and oxygen atoms in total. The van der Waals surface area contributed by atoms with Crippen molar-refractivity contribution in [3.05, 3.63) is 102 Å². The Kier molecular flexibility index (Phi) is 9.18. The van der Waals surface area contributed by atoms with Crippen molar-refractivity contribution in [3.63, 3.8) is 0 Å². The molecule has 0 radical (unpaired) electrons. The molecule has 4 rings (SSSR count). The van der Waals surface area contributed by atoms with Crippen molar-refractivity contribution in [2.24, 2.45) is 0 Å². The zero-order valence-electron chi connectivity index (χ0n) is 22.1. The maximum atomic E-state index is 6.16. The van der Waals surface area contributed by atoms with Gasteiger partial charge in [-0.3, -0.25) is 0 Å². The minimum absolute atomic E-state index is 0.322. The Hall–Kier alpha value is -4.52. The monoisotopic (exact) mass is 516 g/mol. The van der Waals surface area contributed by atoms with Gasteiger partial charge in [0.05, 0.1) is 28.4 Å². The molecule has 198 valence electrons. The summed E-state index contributed by atoms with van der Waals surface area (Å²) in [5.41, 5.74) is 2.74. The highest BCUT2D eigenvalue weighted by molar-refractivity contribution is 5.42. The predicted molar refractivity (Wildman–Crippen MR) is 145 cm³/mol. The molecule has 0 atom stereocenters. The van der Waals surface area contributed by atoms with Crippen LogP contribution in [-0.2, 0) is 19.8 Å². The lowest BCUT2D eigenvalue weighted by Gasteiger charge is -2.15. The van der Waals surface area contributed by atoms with Gasteiger partial charge in [-0.05, 0) is 65.2 Å². The van der Waals surface area contributed by atoms with Gasteiger partial charge in [-0.2, -0.15) is 0 Å². The average molecular weight is 517 g/mol. The van der Waals surface area contributed by atoms with E-state index in [9.17, 15) is 0 Å². The zero-order chi connectivity index (χ0) is 26.7. The predicted octanol–water partition coefficient (Wildman–Crippen LogP) is 6.46. The molecule has 0 unspecified atom stereocenters. The molecule has 0 fully saturated rings. The van der Waals surface area contributed by atoms with Crippen LogP contribution in [0.2, 0.25) is 0 Å². The summed E-state index contributed by atoms with van der Waals surface area (Å²) in [5, 5.41) is 0. The molecule has 0 aliphatic heterocycles. The summed E-state index contributed by atoms with van der Waals surface area (Å²) in [7, 11) is 6.49. The quantitative estimate of drug-likeness (QED) is 0.202. The van der Waals surface area contributed by atoms with Gasteiger partial charge in [0.25, 0.3) is 0 Å². The third kappa shape index (κ3) is 7.49. The zero-order valence-corrected chi connectivity index (χ0v) is 22.1. The number of hydrogen-bond donors (Lipinski definition) is 0. The SMILES string of the molecule is COc1cc(COc2cc(COc3ccccc3)cc(OCc3cc(OC)cc(OC)c3)c2)cc(OC)c1. The van der Waals surface area contributed by atoms with E-state index in [2.05, 4.69) is 0 Å². The molecule has 0 N–H and O–H groups in total. The van der Waals surface area contributed by atoms with E-state index in [-0.39, 0.29) is 0 Å². The van der Waals surface area contributed by atoms with Crippen LogP contribution in [0.25, 0.3) is 0 Å². The van der Waals surface area contributed by atoms with Gasteiger partial charge < -0.3 is 33.2 Å². The van der Waals surface area contributed by atoms with E-state index in [1.165, 1.54) is 0 Å². The fraction of sp³-hybridized carbons (Fsp3) is 0.226. The van der Waals surface area contributed by atoms with Crippen molar-refractivity contribution in [3.8, 4) is 40.2 Å². The topological polar surface area (TPSA) is 64.6 Å². The Bertz CT molecular complexity index is 1200. The second-order valence-electron chi connectivity index (χ2n) is 8.43. The Balaban J connectivity index is 1.53. The number of rotatable bonds is 13. The average Bonchev–Trinajstić information content (AvgIpc) is 2.98. The number of methoxy groups -OCH3 is 4. The molecule has 4 aromatic carbocycles. The minimum atomic E-state index is 0.322. The van der Waals surface area contributed by atoms with Gasteiger partial charge in [-0.25, -0.2) is 0 Å². The van der Waals surface area contributed by atoms with E-state index in [0.717, 1.165) is 22.4 Å². The minimum Gasteiger partial charge on any atom is -0.497 e. The fourth-order valence-electron chi connectivity index (χ4n) is 3.80. The molecule has 0 spiro atoms. The number of ether oxygens (including phenoxy) is 7. The Morgan fingerprint density at radius 1 is 0.368 bits per heavy atom. The van der Waals surface area contributed by atoms with Crippen molar-refractivity contribution in [1.82, 2.24) is 0 Å². The second kappa shape index (κ2) is 13.1. The summed E-state index contributed by atoms with van der Waals surface area (Å²) in [6.07, 6.45) is 0. The molecule has 0 aliphatic rings. The van der Waals surface area contributed by atoms with Crippen molar-refractivity contribution in [2.45, 2.75) is 19.8 Å². The van der Waals surface area contributed by atoms with Crippen molar-refractivity contribution < 1.29 is 33.2 Å². The van der Waals surface area contributed by atoms with Gasteiger partial charge >= 0.3 is 0 Å². The molecule has 38 heavy (non-hydrogen) atoms. The molecule has 0 aromatic heterocycles. The maximum Gasteiger partial charge on any atom is 0.123 e. The molecule has 0 bridgehead atoms. The third-order valence-corrected chi connectivity index (χ3v) is 5.72. The molecular weight excluding hydrogens is 484 g/mol. The molecular formula is C31H32O7. The van der Waals surface area contributed by atoms with E-state index < -0.39 is 0 Å². The molecule has 0 aliphatic carbocycles. The van der Waals surface area contributed by atoms with Crippen LogP contribution in [0.4, 0.5) is 0 Å². The van der Waals surface area contributed by atoms with Crippen LogP contribution in [-0.4, -0.2) is 28.4 Å². The lowest BCUT2D eigenvalue weighted by atomic mass is 10.2. The highest BCUT2D eigenvalue weighted by Gasteiger charge is 2.09. The molecule has 0 heterocycles. The maximum absolute atomic E-state index is 6.16. The van der Waals surface area contributed by atoms with Crippen LogP contribution >= 0.6 is 0 Å². The Morgan fingerprint density at radius 3 is 1.05 bits per heavy atom.